The molecule has 0 aliphatic rings. The molecule has 72 valence electrons. The second-order valence-electron chi connectivity index (χ2n) is 2.85. The van der Waals surface area contributed by atoms with Crippen LogP contribution in [0.15, 0.2) is 18.5 Å². The molecule has 0 saturated heterocycles. The maximum absolute atomic E-state index is 5.75. The molecular formula is C9H15N3O. The molecule has 1 aromatic heterocycles. The summed E-state index contributed by atoms with van der Waals surface area (Å²) in [6.07, 6.45) is 3.38. The minimum Gasteiger partial charge on any atom is -0.396 e. The number of nitrogens with zero attached hydrogens (tertiary/aromatic N) is 2. The highest BCUT2D eigenvalue weighted by atomic mass is 16.5. The van der Waals surface area contributed by atoms with Crippen molar-refractivity contribution in [3.63, 3.8) is 0 Å². The van der Waals surface area contributed by atoms with Crippen LogP contribution in [0.3, 0.4) is 0 Å². The van der Waals surface area contributed by atoms with Crippen LogP contribution in [0.4, 0.5) is 11.4 Å². The van der Waals surface area contributed by atoms with Gasteiger partial charge in [-0.05, 0) is 6.07 Å². The van der Waals surface area contributed by atoms with E-state index in [1.54, 1.807) is 19.5 Å². The summed E-state index contributed by atoms with van der Waals surface area (Å²) < 4.78 is 4.98. The standard InChI is InChI=1S/C9H15N3O/c1-12(5-6-13-2)9-3-4-11-7-8(9)10/h3-4,7H,5-6,10H2,1-2H3. The highest BCUT2D eigenvalue weighted by Gasteiger charge is 2.03. The molecule has 4 heteroatoms. The Bertz CT molecular complexity index is 265. The second kappa shape index (κ2) is 4.67. The topological polar surface area (TPSA) is 51.4 Å². The molecule has 1 aromatic rings. The van der Waals surface area contributed by atoms with Gasteiger partial charge in [-0.2, -0.15) is 0 Å². The highest BCUT2D eigenvalue weighted by molar-refractivity contribution is 5.65. The van der Waals surface area contributed by atoms with Gasteiger partial charge >= 0.3 is 0 Å². The highest BCUT2D eigenvalue weighted by Crippen LogP contribution is 2.18. The van der Waals surface area contributed by atoms with Crippen LogP contribution in [-0.2, 0) is 4.74 Å². The molecule has 0 radical (unpaired) electrons. The smallest absolute Gasteiger partial charge is 0.0738 e. The van der Waals surface area contributed by atoms with E-state index >= 15 is 0 Å². The third-order valence-electron chi connectivity index (χ3n) is 1.87. The number of hydrogen-bond acceptors (Lipinski definition) is 4. The van der Waals surface area contributed by atoms with Crippen molar-refractivity contribution in [1.29, 1.82) is 0 Å². The molecule has 0 unspecified atom stereocenters. The third-order valence-corrected chi connectivity index (χ3v) is 1.87. The third kappa shape index (κ3) is 2.59. The van der Waals surface area contributed by atoms with Crippen molar-refractivity contribution in [2.75, 3.05) is 37.9 Å². The molecular weight excluding hydrogens is 166 g/mol. The summed E-state index contributed by atoms with van der Waals surface area (Å²) in [7, 11) is 3.66. The number of ether oxygens (including phenoxy) is 1. The Morgan fingerprint density at radius 1 is 1.62 bits per heavy atom. The summed E-state index contributed by atoms with van der Waals surface area (Å²) in [6.45, 7) is 1.52. The van der Waals surface area contributed by atoms with Crippen molar-refractivity contribution in [1.82, 2.24) is 4.98 Å². The van der Waals surface area contributed by atoms with Crippen LogP contribution in [0.25, 0.3) is 0 Å². The van der Waals surface area contributed by atoms with E-state index in [-0.39, 0.29) is 0 Å². The zero-order valence-corrected chi connectivity index (χ0v) is 8.03. The SMILES string of the molecule is COCCN(C)c1ccncc1N. The number of nitrogen functional groups attached to an aromatic ring is 1. The van der Waals surface area contributed by atoms with E-state index in [1.807, 2.05) is 18.0 Å². The minimum absolute atomic E-state index is 0.693. The van der Waals surface area contributed by atoms with Crippen molar-refractivity contribution >= 4 is 11.4 Å². The largest absolute Gasteiger partial charge is 0.396 e. The van der Waals surface area contributed by atoms with Crippen LogP contribution in [0.2, 0.25) is 0 Å². The van der Waals surface area contributed by atoms with Crippen molar-refractivity contribution in [2.24, 2.45) is 0 Å². The molecule has 0 bridgehead atoms. The summed E-state index contributed by atoms with van der Waals surface area (Å²) in [5.41, 5.74) is 7.44. The monoisotopic (exact) mass is 181 g/mol. The molecule has 2 N–H and O–H groups in total. The summed E-state index contributed by atoms with van der Waals surface area (Å²) in [5.74, 6) is 0. The van der Waals surface area contributed by atoms with Gasteiger partial charge in [-0.1, -0.05) is 0 Å². The average Bonchev–Trinajstić information content (AvgIpc) is 2.15. The molecule has 0 spiro atoms. The lowest BCUT2D eigenvalue weighted by molar-refractivity contribution is 0.206. The van der Waals surface area contributed by atoms with Crippen LogP contribution in [0.1, 0.15) is 0 Å². The van der Waals surface area contributed by atoms with Crippen molar-refractivity contribution in [3.8, 4) is 0 Å². The first-order valence-electron chi connectivity index (χ1n) is 4.15. The van der Waals surface area contributed by atoms with Gasteiger partial charge in [-0.15, -0.1) is 0 Å². The van der Waals surface area contributed by atoms with Gasteiger partial charge in [0.25, 0.3) is 0 Å². The van der Waals surface area contributed by atoms with Crippen LogP contribution in [0.5, 0.6) is 0 Å². The fourth-order valence-corrected chi connectivity index (χ4v) is 1.10. The molecule has 4 nitrogen and oxygen atoms in total. The summed E-state index contributed by atoms with van der Waals surface area (Å²) in [5, 5.41) is 0. The van der Waals surface area contributed by atoms with Gasteiger partial charge < -0.3 is 15.4 Å². The predicted octanol–water partition coefficient (Wildman–Crippen LogP) is 0.746. The Morgan fingerprint density at radius 2 is 2.38 bits per heavy atom. The molecule has 13 heavy (non-hydrogen) atoms. The second-order valence-corrected chi connectivity index (χ2v) is 2.85. The van der Waals surface area contributed by atoms with Gasteiger partial charge in [0.15, 0.2) is 0 Å². The zero-order chi connectivity index (χ0) is 9.68. The van der Waals surface area contributed by atoms with Crippen LogP contribution in [-0.4, -0.2) is 32.3 Å². The molecule has 1 rings (SSSR count). The summed E-state index contributed by atoms with van der Waals surface area (Å²) >= 11 is 0. The number of likely N-dealkylation sites (N-methyl/N-ethyl adjacent to an activating group) is 1. The molecule has 0 amide bonds. The minimum atomic E-state index is 0.693. The zero-order valence-electron chi connectivity index (χ0n) is 8.03. The van der Waals surface area contributed by atoms with Crippen LogP contribution < -0.4 is 10.6 Å². The number of anilines is 2. The Kier molecular flexibility index (Phi) is 3.52. The molecule has 0 aromatic carbocycles. The van der Waals surface area contributed by atoms with E-state index in [0.717, 1.165) is 12.2 Å². The van der Waals surface area contributed by atoms with Gasteiger partial charge in [-0.25, -0.2) is 0 Å². The number of rotatable bonds is 4. The van der Waals surface area contributed by atoms with E-state index in [2.05, 4.69) is 4.98 Å². The average molecular weight is 181 g/mol. The molecule has 1 heterocycles. The van der Waals surface area contributed by atoms with E-state index < -0.39 is 0 Å². The Labute approximate surface area is 78.3 Å². The summed E-state index contributed by atoms with van der Waals surface area (Å²) in [4.78, 5) is 5.97. The lowest BCUT2D eigenvalue weighted by atomic mass is 10.3. The van der Waals surface area contributed by atoms with Gasteiger partial charge in [0.2, 0.25) is 0 Å². The number of nitrogens with two attached hydrogens (primary N) is 1. The maximum Gasteiger partial charge on any atom is 0.0738 e. The predicted molar refractivity (Wildman–Crippen MR) is 53.8 cm³/mol. The first kappa shape index (κ1) is 9.80. The fraction of sp³-hybridized carbons (Fsp3) is 0.444. The van der Waals surface area contributed by atoms with Crippen molar-refractivity contribution in [3.05, 3.63) is 18.5 Å². The Hall–Kier alpha value is -1.29. The lowest BCUT2D eigenvalue weighted by Gasteiger charge is -2.19. The maximum atomic E-state index is 5.75. The van der Waals surface area contributed by atoms with Gasteiger partial charge in [0, 0.05) is 26.9 Å². The van der Waals surface area contributed by atoms with Crippen LogP contribution >= 0.6 is 0 Å². The first-order chi connectivity index (χ1) is 6.25. The fourth-order valence-electron chi connectivity index (χ4n) is 1.10. The molecule has 0 saturated carbocycles. The van der Waals surface area contributed by atoms with Gasteiger partial charge in [0.05, 0.1) is 24.2 Å². The number of methoxy groups -OCH3 is 1. The van der Waals surface area contributed by atoms with Gasteiger partial charge in [-0.3, -0.25) is 4.98 Å². The number of hydrogen-bond donors (Lipinski definition) is 1. The van der Waals surface area contributed by atoms with E-state index in [1.165, 1.54) is 0 Å². The van der Waals surface area contributed by atoms with Crippen LogP contribution in [0, 0.1) is 0 Å². The summed E-state index contributed by atoms with van der Waals surface area (Å²) in [6, 6.07) is 1.89. The van der Waals surface area contributed by atoms with Crippen molar-refractivity contribution < 1.29 is 4.74 Å². The molecule has 0 aliphatic carbocycles. The molecule has 0 fully saturated rings. The Balaban J connectivity index is 2.65. The van der Waals surface area contributed by atoms with E-state index in [9.17, 15) is 0 Å². The first-order valence-corrected chi connectivity index (χ1v) is 4.15. The van der Waals surface area contributed by atoms with E-state index in [0.29, 0.717) is 12.3 Å². The van der Waals surface area contributed by atoms with Crippen molar-refractivity contribution in [2.45, 2.75) is 0 Å². The van der Waals surface area contributed by atoms with Gasteiger partial charge in [0.1, 0.15) is 0 Å². The molecule has 0 aliphatic heterocycles. The quantitative estimate of drug-likeness (QED) is 0.744. The number of aromatic nitrogens is 1. The Morgan fingerprint density at radius 3 is 3.00 bits per heavy atom. The number of pyridine rings is 1. The van der Waals surface area contributed by atoms with E-state index in [4.69, 9.17) is 10.5 Å². The normalized spacial score (nSPS) is 10.0. The lowest BCUT2D eigenvalue weighted by Crippen LogP contribution is -2.22. The molecule has 0 atom stereocenters.